The zero-order valence-corrected chi connectivity index (χ0v) is 15.7. The highest BCUT2D eigenvalue weighted by Gasteiger charge is 2.08. The first-order chi connectivity index (χ1) is 13.0. The van der Waals surface area contributed by atoms with E-state index in [-0.39, 0.29) is 17.9 Å². The van der Waals surface area contributed by atoms with Crippen LogP contribution >= 0.6 is 11.9 Å². The Hall–Kier alpha value is -3.24. The van der Waals surface area contributed by atoms with Crippen molar-refractivity contribution in [3.05, 3.63) is 81.5 Å². The Morgan fingerprint density at radius 3 is 2.48 bits per heavy atom. The quantitative estimate of drug-likeness (QED) is 0.203. The highest BCUT2D eigenvalue weighted by Crippen LogP contribution is 2.19. The third kappa shape index (κ3) is 6.53. The van der Waals surface area contributed by atoms with Gasteiger partial charge >= 0.3 is 5.97 Å². The Labute approximate surface area is 161 Å². The number of non-ortho nitro benzene ring substituents is 1. The number of hydrogen-bond acceptors (Lipinski definition) is 6. The number of benzene rings is 2. The van der Waals surface area contributed by atoms with E-state index in [1.54, 1.807) is 19.1 Å². The molecular formula is C20H18N2O4S. The fraction of sp³-hybridized carbons (Fsp3) is 0.150. The molecule has 0 aliphatic rings. The van der Waals surface area contributed by atoms with E-state index in [0.717, 1.165) is 16.0 Å². The van der Waals surface area contributed by atoms with E-state index in [2.05, 4.69) is 16.6 Å². The molecule has 1 N–H and O–H groups in total. The van der Waals surface area contributed by atoms with Crippen molar-refractivity contribution >= 4 is 23.6 Å². The molecule has 0 aliphatic carbocycles. The molecule has 2 aromatic rings. The summed E-state index contributed by atoms with van der Waals surface area (Å²) >= 11 is 1.20. The van der Waals surface area contributed by atoms with Crippen molar-refractivity contribution in [2.24, 2.45) is 0 Å². The Morgan fingerprint density at radius 1 is 1.22 bits per heavy atom. The SMILES string of the molecule is CCOC(=O)/C(C#Cc1ccc(C)cc1)=C/NSc1ccc([N+](=O)[O-])cc1. The highest BCUT2D eigenvalue weighted by molar-refractivity contribution is 7.97. The van der Waals surface area contributed by atoms with Crippen LogP contribution in [0, 0.1) is 28.9 Å². The number of ether oxygens (including phenoxy) is 1. The molecule has 138 valence electrons. The maximum absolute atomic E-state index is 12.1. The maximum Gasteiger partial charge on any atom is 0.348 e. The molecule has 0 bridgehead atoms. The summed E-state index contributed by atoms with van der Waals surface area (Å²) in [7, 11) is 0. The molecule has 7 heteroatoms. The van der Waals surface area contributed by atoms with Crippen molar-refractivity contribution in [2.75, 3.05) is 6.61 Å². The lowest BCUT2D eigenvalue weighted by molar-refractivity contribution is -0.384. The summed E-state index contributed by atoms with van der Waals surface area (Å²) in [5.74, 6) is 5.24. The number of aryl methyl sites for hydroxylation is 1. The number of hydrogen-bond donors (Lipinski definition) is 1. The van der Waals surface area contributed by atoms with Crippen molar-refractivity contribution in [3.63, 3.8) is 0 Å². The molecule has 0 spiro atoms. The molecule has 0 fully saturated rings. The van der Waals surface area contributed by atoms with Gasteiger partial charge < -0.3 is 9.46 Å². The second kappa shape index (κ2) is 10.0. The van der Waals surface area contributed by atoms with E-state index in [0.29, 0.717) is 0 Å². The molecular weight excluding hydrogens is 364 g/mol. The van der Waals surface area contributed by atoms with Crippen LogP contribution < -0.4 is 4.72 Å². The van der Waals surface area contributed by atoms with Crippen LogP contribution in [0.1, 0.15) is 18.1 Å². The van der Waals surface area contributed by atoms with E-state index in [4.69, 9.17) is 4.74 Å². The summed E-state index contributed by atoms with van der Waals surface area (Å²) in [6.45, 7) is 3.96. The van der Waals surface area contributed by atoms with Gasteiger partial charge in [0.25, 0.3) is 5.69 Å². The number of nitro benzene ring substituents is 1. The topological polar surface area (TPSA) is 81.5 Å². The molecule has 27 heavy (non-hydrogen) atoms. The molecule has 0 aliphatic heterocycles. The summed E-state index contributed by atoms with van der Waals surface area (Å²) < 4.78 is 7.94. The largest absolute Gasteiger partial charge is 0.462 e. The third-order valence-corrected chi connectivity index (χ3v) is 4.06. The number of rotatable bonds is 6. The lowest BCUT2D eigenvalue weighted by Gasteiger charge is -2.03. The predicted molar refractivity (Wildman–Crippen MR) is 105 cm³/mol. The van der Waals surface area contributed by atoms with Crippen molar-refractivity contribution in [1.82, 2.24) is 4.72 Å². The van der Waals surface area contributed by atoms with Crippen molar-refractivity contribution in [3.8, 4) is 11.8 Å². The number of nitrogens with zero attached hydrogens (tertiary/aromatic N) is 1. The minimum Gasteiger partial charge on any atom is -0.462 e. The van der Waals surface area contributed by atoms with Crippen LogP contribution in [0.3, 0.4) is 0 Å². The standard InChI is InChI=1S/C20H18N2O4S/c1-3-26-20(23)17(9-8-16-6-4-15(2)5-7-16)14-21-27-19-12-10-18(11-13-19)22(24)25/h4-7,10-14,21H,3H2,1-2H3/b17-14+. The molecule has 0 amide bonds. The summed E-state index contributed by atoms with van der Waals surface area (Å²) in [6.07, 6.45) is 1.46. The first-order valence-corrected chi connectivity index (χ1v) is 8.94. The van der Waals surface area contributed by atoms with E-state index >= 15 is 0 Å². The van der Waals surface area contributed by atoms with Gasteiger partial charge in [-0.2, -0.15) is 0 Å². The van der Waals surface area contributed by atoms with E-state index in [1.807, 2.05) is 31.2 Å². The minimum atomic E-state index is -0.520. The van der Waals surface area contributed by atoms with E-state index in [9.17, 15) is 14.9 Å². The molecule has 2 rings (SSSR count). The zero-order chi connectivity index (χ0) is 19.6. The van der Waals surface area contributed by atoms with Gasteiger partial charge in [-0.05, 0) is 50.1 Å². The molecule has 6 nitrogen and oxygen atoms in total. The van der Waals surface area contributed by atoms with Gasteiger partial charge in [0, 0.05) is 28.8 Å². The zero-order valence-electron chi connectivity index (χ0n) is 14.9. The fourth-order valence-corrected chi connectivity index (χ4v) is 2.51. The summed E-state index contributed by atoms with van der Waals surface area (Å²) in [5, 5.41) is 10.7. The molecule has 0 atom stereocenters. The summed E-state index contributed by atoms with van der Waals surface area (Å²) in [5.41, 5.74) is 2.12. The molecule has 0 aromatic heterocycles. The number of nitrogens with one attached hydrogen (secondary N) is 1. The first-order valence-electron chi connectivity index (χ1n) is 8.12. The van der Waals surface area contributed by atoms with Crippen LogP contribution in [-0.2, 0) is 9.53 Å². The van der Waals surface area contributed by atoms with Gasteiger partial charge in [-0.3, -0.25) is 10.1 Å². The fourth-order valence-electron chi connectivity index (χ4n) is 1.92. The van der Waals surface area contributed by atoms with Crippen molar-refractivity contribution in [1.29, 1.82) is 0 Å². The Bertz CT molecular complexity index is 894. The van der Waals surface area contributed by atoms with Gasteiger partial charge in [0.1, 0.15) is 5.57 Å². The second-order valence-corrected chi connectivity index (χ2v) is 6.28. The number of nitro groups is 1. The van der Waals surface area contributed by atoms with Crippen molar-refractivity contribution in [2.45, 2.75) is 18.7 Å². The van der Waals surface area contributed by atoms with Gasteiger partial charge in [-0.15, -0.1) is 0 Å². The van der Waals surface area contributed by atoms with Crippen LogP contribution in [0.25, 0.3) is 0 Å². The Balaban J connectivity index is 2.10. The monoisotopic (exact) mass is 382 g/mol. The lowest BCUT2D eigenvalue weighted by atomic mass is 10.1. The maximum atomic E-state index is 12.1. The van der Waals surface area contributed by atoms with Crippen LogP contribution in [0.4, 0.5) is 5.69 Å². The van der Waals surface area contributed by atoms with Crippen LogP contribution in [0.15, 0.2) is 65.2 Å². The molecule has 0 saturated carbocycles. The van der Waals surface area contributed by atoms with Gasteiger partial charge in [-0.1, -0.05) is 29.5 Å². The van der Waals surface area contributed by atoms with E-state index in [1.165, 1.54) is 30.3 Å². The van der Waals surface area contributed by atoms with Gasteiger partial charge in [0.15, 0.2) is 0 Å². The Kier molecular flexibility index (Phi) is 7.47. The van der Waals surface area contributed by atoms with Crippen LogP contribution in [0.5, 0.6) is 0 Å². The molecule has 0 radical (unpaired) electrons. The molecule has 0 saturated heterocycles. The number of carbonyl (C=O) groups is 1. The van der Waals surface area contributed by atoms with Crippen LogP contribution in [-0.4, -0.2) is 17.5 Å². The Morgan fingerprint density at radius 2 is 1.89 bits per heavy atom. The van der Waals surface area contributed by atoms with Gasteiger partial charge in [0.2, 0.25) is 0 Å². The third-order valence-electron chi connectivity index (χ3n) is 3.32. The average molecular weight is 382 g/mol. The molecule has 0 heterocycles. The average Bonchev–Trinajstić information content (AvgIpc) is 2.66. The minimum absolute atomic E-state index is 0.0195. The van der Waals surface area contributed by atoms with Gasteiger partial charge in [-0.25, -0.2) is 4.79 Å². The van der Waals surface area contributed by atoms with Crippen molar-refractivity contribution < 1.29 is 14.5 Å². The highest BCUT2D eigenvalue weighted by atomic mass is 32.2. The van der Waals surface area contributed by atoms with Gasteiger partial charge in [0.05, 0.1) is 11.5 Å². The number of esters is 1. The van der Waals surface area contributed by atoms with E-state index < -0.39 is 10.9 Å². The predicted octanol–water partition coefficient (Wildman–Crippen LogP) is 4.00. The smallest absolute Gasteiger partial charge is 0.348 e. The lowest BCUT2D eigenvalue weighted by Crippen LogP contribution is -2.09. The molecule has 2 aromatic carbocycles. The summed E-state index contributed by atoms with van der Waals surface area (Å²) in [4.78, 5) is 23.0. The number of carbonyl (C=O) groups excluding carboxylic acids is 1. The first kappa shape index (κ1) is 20.1. The molecule has 0 unspecified atom stereocenters. The summed E-state index contributed by atoms with van der Waals surface area (Å²) in [6, 6.07) is 13.7. The normalized spacial score (nSPS) is 10.5. The van der Waals surface area contributed by atoms with Crippen LogP contribution in [0.2, 0.25) is 0 Å². The second-order valence-electron chi connectivity index (χ2n) is 5.37.